The molecule has 0 saturated heterocycles. The molecule has 0 bridgehead atoms. The lowest BCUT2D eigenvalue weighted by atomic mass is 10.2. The van der Waals surface area contributed by atoms with E-state index < -0.39 is 10.0 Å². The molecule has 116 valence electrons. The van der Waals surface area contributed by atoms with Crippen LogP contribution in [0.5, 0.6) is 0 Å². The maximum atomic E-state index is 12.7. The summed E-state index contributed by atoms with van der Waals surface area (Å²) in [6, 6.07) is 6.19. The van der Waals surface area contributed by atoms with E-state index in [0.717, 1.165) is 6.42 Å². The van der Waals surface area contributed by atoms with Gasteiger partial charge in [-0.2, -0.15) is 9.57 Å². The van der Waals surface area contributed by atoms with Crippen molar-refractivity contribution in [2.24, 2.45) is 0 Å². The molecular formula is C14H20ClN3O2S. The molecule has 21 heavy (non-hydrogen) atoms. The van der Waals surface area contributed by atoms with Gasteiger partial charge in [0.2, 0.25) is 10.0 Å². The lowest BCUT2D eigenvalue weighted by Crippen LogP contribution is -2.37. The van der Waals surface area contributed by atoms with Gasteiger partial charge in [0.05, 0.1) is 16.7 Å². The average Bonchev–Trinajstić information content (AvgIpc) is 2.42. The number of halogens is 1. The Morgan fingerprint density at radius 1 is 1.24 bits per heavy atom. The minimum Gasteiger partial charge on any atom is -0.308 e. The number of hydrogen-bond donors (Lipinski definition) is 0. The number of nitrogens with zero attached hydrogens (tertiary/aromatic N) is 3. The van der Waals surface area contributed by atoms with Gasteiger partial charge >= 0.3 is 0 Å². The number of benzene rings is 1. The molecule has 0 saturated carbocycles. The molecular weight excluding hydrogens is 310 g/mol. The molecule has 0 atom stereocenters. The van der Waals surface area contributed by atoms with Crippen molar-refractivity contribution in [2.45, 2.75) is 18.2 Å². The maximum absolute atomic E-state index is 12.7. The fourth-order valence-electron chi connectivity index (χ4n) is 1.83. The van der Waals surface area contributed by atoms with E-state index in [4.69, 9.17) is 16.9 Å². The highest BCUT2D eigenvalue weighted by Crippen LogP contribution is 2.25. The maximum Gasteiger partial charge on any atom is 0.244 e. The zero-order valence-electron chi connectivity index (χ0n) is 12.5. The minimum atomic E-state index is -3.65. The zero-order chi connectivity index (χ0) is 16.0. The summed E-state index contributed by atoms with van der Waals surface area (Å²) < 4.78 is 26.8. The van der Waals surface area contributed by atoms with Crippen molar-refractivity contribution >= 4 is 21.6 Å². The van der Waals surface area contributed by atoms with E-state index >= 15 is 0 Å². The highest BCUT2D eigenvalue weighted by atomic mass is 35.5. The normalized spacial score (nSPS) is 11.9. The molecule has 1 aromatic rings. The standard InChI is InChI=1S/C14H20ClN3O2S/c1-4-7-18(9-8-17(2)3)21(19,20)14-6-5-12(11-16)10-13(14)15/h5-6,10H,4,7-9H2,1-3H3. The summed E-state index contributed by atoms with van der Waals surface area (Å²) in [6.07, 6.45) is 0.723. The zero-order valence-corrected chi connectivity index (χ0v) is 14.1. The van der Waals surface area contributed by atoms with Gasteiger partial charge in [-0.3, -0.25) is 0 Å². The van der Waals surface area contributed by atoms with Crippen LogP contribution in [-0.4, -0.2) is 51.4 Å². The Bertz CT molecular complexity index is 624. The van der Waals surface area contributed by atoms with Crippen LogP contribution >= 0.6 is 11.6 Å². The molecule has 0 aromatic heterocycles. The van der Waals surface area contributed by atoms with Crippen molar-refractivity contribution in [3.63, 3.8) is 0 Å². The molecule has 0 aliphatic heterocycles. The largest absolute Gasteiger partial charge is 0.308 e. The fraction of sp³-hybridized carbons (Fsp3) is 0.500. The van der Waals surface area contributed by atoms with Crippen molar-refractivity contribution in [1.82, 2.24) is 9.21 Å². The second-order valence-corrected chi connectivity index (χ2v) is 7.28. The second kappa shape index (κ2) is 7.76. The first-order valence-corrected chi connectivity index (χ1v) is 8.49. The van der Waals surface area contributed by atoms with Crippen LogP contribution in [-0.2, 0) is 10.0 Å². The predicted octanol–water partition coefficient (Wildman–Crippen LogP) is 2.17. The molecule has 5 nitrogen and oxygen atoms in total. The van der Waals surface area contributed by atoms with Gasteiger partial charge in [-0.05, 0) is 38.7 Å². The summed E-state index contributed by atoms with van der Waals surface area (Å²) in [6.45, 7) is 3.40. The van der Waals surface area contributed by atoms with Gasteiger partial charge in [-0.1, -0.05) is 18.5 Å². The summed E-state index contributed by atoms with van der Waals surface area (Å²) in [4.78, 5) is 1.98. The van der Waals surface area contributed by atoms with E-state index in [2.05, 4.69) is 0 Å². The van der Waals surface area contributed by atoms with Crippen LogP contribution < -0.4 is 0 Å². The summed E-state index contributed by atoms with van der Waals surface area (Å²) >= 11 is 6.03. The lowest BCUT2D eigenvalue weighted by Gasteiger charge is -2.23. The van der Waals surface area contributed by atoms with Gasteiger partial charge in [0, 0.05) is 19.6 Å². The molecule has 0 aliphatic carbocycles. The lowest BCUT2D eigenvalue weighted by molar-refractivity contribution is 0.333. The van der Waals surface area contributed by atoms with Gasteiger partial charge in [-0.25, -0.2) is 8.42 Å². The molecule has 0 aliphatic rings. The van der Waals surface area contributed by atoms with Crippen LogP contribution in [0.15, 0.2) is 23.1 Å². The first kappa shape index (κ1) is 17.9. The Kier molecular flexibility index (Phi) is 6.62. The monoisotopic (exact) mass is 329 g/mol. The first-order chi connectivity index (χ1) is 9.82. The fourth-order valence-corrected chi connectivity index (χ4v) is 3.87. The van der Waals surface area contributed by atoms with Crippen LogP contribution in [0, 0.1) is 11.3 Å². The SMILES string of the molecule is CCCN(CCN(C)C)S(=O)(=O)c1ccc(C#N)cc1Cl. The number of likely N-dealkylation sites (N-methyl/N-ethyl adjacent to an activating group) is 1. The highest BCUT2D eigenvalue weighted by Gasteiger charge is 2.26. The van der Waals surface area contributed by atoms with Crippen molar-refractivity contribution in [2.75, 3.05) is 33.7 Å². The third kappa shape index (κ3) is 4.68. The first-order valence-electron chi connectivity index (χ1n) is 6.67. The summed E-state index contributed by atoms with van der Waals surface area (Å²) in [5.41, 5.74) is 0.342. The van der Waals surface area contributed by atoms with E-state index in [1.54, 1.807) is 0 Å². The quantitative estimate of drug-likeness (QED) is 0.769. The number of sulfonamides is 1. The van der Waals surface area contributed by atoms with Crippen molar-refractivity contribution in [3.8, 4) is 6.07 Å². The smallest absolute Gasteiger partial charge is 0.244 e. The molecule has 0 fully saturated rings. The van der Waals surface area contributed by atoms with E-state index in [0.29, 0.717) is 25.2 Å². The average molecular weight is 330 g/mol. The molecule has 0 heterocycles. The van der Waals surface area contributed by atoms with Crippen LogP contribution in [0.4, 0.5) is 0 Å². The van der Waals surface area contributed by atoms with Crippen LogP contribution in [0.3, 0.4) is 0 Å². The van der Waals surface area contributed by atoms with Gasteiger partial charge < -0.3 is 4.90 Å². The molecule has 0 N–H and O–H groups in total. The number of rotatable bonds is 7. The van der Waals surface area contributed by atoms with E-state index in [-0.39, 0.29) is 9.92 Å². The Labute approximate surface area is 131 Å². The van der Waals surface area contributed by atoms with E-state index in [9.17, 15) is 8.42 Å². The highest BCUT2D eigenvalue weighted by molar-refractivity contribution is 7.89. The summed E-state index contributed by atoms with van der Waals surface area (Å²) in [5, 5.41) is 8.90. The topological polar surface area (TPSA) is 64.4 Å². The van der Waals surface area contributed by atoms with Crippen LogP contribution in [0.1, 0.15) is 18.9 Å². The molecule has 1 aromatic carbocycles. The molecule has 0 radical (unpaired) electrons. The predicted molar refractivity (Wildman–Crippen MR) is 83.8 cm³/mol. The second-order valence-electron chi connectivity index (χ2n) is 4.96. The molecule has 7 heteroatoms. The molecule has 0 amide bonds. The number of hydrogen-bond acceptors (Lipinski definition) is 4. The Morgan fingerprint density at radius 3 is 2.38 bits per heavy atom. The van der Waals surface area contributed by atoms with E-state index in [1.807, 2.05) is 32.0 Å². The van der Waals surface area contributed by atoms with Gasteiger partial charge in [0.25, 0.3) is 0 Å². The van der Waals surface area contributed by atoms with E-state index in [1.165, 1.54) is 22.5 Å². The van der Waals surface area contributed by atoms with Gasteiger partial charge in [0.15, 0.2) is 0 Å². The third-order valence-electron chi connectivity index (χ3n) is 2.95. The Balaban J connectivity index is 3.13. The van der Waals surface area contributed by atoms with Crippen molar-refractivity contribution < 1.29 is 8.42 Å². The van der Waals surface area contributed by atoms with Crippen molar-refractivity contribution in [1.29, 1.82) is 5.26 Å². The molecule has 0 unspecified atom stereocenters. The minimum absolute atomic E-state index is 0.0513. The number of nitriles is 1. The van der Waals surface area contributed by atoms with Gasteiger partial charge in [-0.15, -0.1) is 0 Å². The Morgan fingerprint density at radius 2 is 1.90 bits per heavy atom. The molecule has 0 spiro atoms. The summed E-state index contributed by atoms with van der Waals surface area (Å²) in [7, 11) is 0.139. The van der Waals surface area contributed by atoms with Crippen LogP contribution in [0.2, 0.25) is 5.02 Å². The van der Waals surface area contributed by atoms with Gasteiger partial charge in [0.1, 0.15) is 4.90 Å². The molecule has 1 rings (SSSR count). The van der Waals surface area contributed by atoms with Crippen molar-refractivity contribution in [3.05, 3.63) is 28.8 Å². The summed E-state index contributed by atoms with van der Waals surface area (Å²) in [5.74, 6) is 0. The Hall–Kier alpha value is -1.13. The third-order valence-corrected chi connectivity index (χ3v) is 5.33. The van der Waals surface area contributed by atoms with Crippen LogP contribution in [0.25, 0.3) is 0 Å².